The van der Waals surface area contributed by atoms with Crippen LogP contribution < -0.4 is 10.1 Å². The van der Waals surface area contributed by atoms with Crippen molar-refractivity contribution in [3.8, 4) is 5.75 Å². The molecule has 18 heavy (non-hydrogen) atoms. The molecule has 3 rings (SSSR count). The van der Waals surface area contributed by atoms with Gasteiger partial charge in [0.15, 0.2) is 0 Å². The summed E-state index contributed by atoms with van der Waals surface area (Å²) in [7, 11) is 0. The number of piperidine rings is 1. The summed E-state index contributed by atoms with van der Waals surface area (Å²) in [6.07, 6.45) is 4.26. The quantitative estimate of drug-likeness (QED) is 0.874. The molecule has 0 aliphatic carbocycles. The maximum Gasteiger partial charge on any atom is 0.136 e. The minimum absolute atomic E-state index is 0.197. The second-order valence-electron chi connectivity index (χ2n) is 5.08. The highest BCUT2D eigenvalue weighted by molar-refractivity contribution is 5.42. The van der Waals surface area contributed by atoms with E-state index >= 15 is 0 Å². The van der Waals surface area contributed by atoms with Crippen LogP contribution in [0, 0.1) is 11.6 Å². The summed E-state index contributed by atoms with van der Waals surface area (Å²) in [5.74, 6) is -0.485. The van der Waals surface area contributed by atoms with Crippen LogP contribution >= 0.6 is 0 Å². The molecule has 0 saturated carbocycles. The number of hydrogen-bond donors (Lipinski definition) is 1. The molecule has 98 valence electrons. The molecule has 0 amide bonds. The van der Waals surface area contributed by atoms with E-state index in [0.29, 0.717) is 30.8 Å². The van der Waals surface area contributed by atoms with Crippen molar-refractivity contribution < 1.29 is 13.5 Å². The third-order valence-electron chi connectivity index (χ3n) is 3.85. The number of ether oxygens (including phenoxy) is 1. The van der Waals surface area contributed by atoms with Gasteiger partial charge < -0.3 is 10.1 Å². The first-order valence-electron chi connectivity index (χ1n) is 6.61. The fraction of sp³-hybridized carbons (Fsp3) is 0.571. The lowest BCUT2D eigenvalue weighted by Gasteiger charge is -2.24. The largest absolute Gasteiger partial charge is 0.493 e. The highest BCUT2D eigenvalue weighted by Gasteiger charge is 2.25. The Morgan fingerprint density at radius 3 is 3.00 bits per heavy atom. The van der Waals surface area contributed by atoms with E-state index in [1.165, 1.54) is 6.07 Å². The van der Waals surface area contributed by atoms with Crippen molar-refractivity contribution >= 4 is 0 Å². The molecule has 1 aromatic rings. The van der Waals surface area contributed by atoms with Crippen LogP contribution in [0.5, 0.6) is 5.75 Å². The van der Waals surface area contributed by atoms with Crippen molar-refractivity contribution in [1.82, 2.24) is 5.32 Å². The molecule has 0 bridgehead atoms. The smallest absolute Gasteiger partial charge is 0.136 e. The van der Waals surface area contributed by atoms with Crippen molar-refractivity contribution in [3.05, 3.63) is 28.8 Å². The van der Waals surface area contributed by atoms with Crippen LogP contribution in [0.2, 0.25) is 0 Å². The van der Waals surface area contributed by atoms with Crippen LogP contribution in [0.15, 0.2) is 6.07 Å². The molecular formula is C14H17F2NO. The standard InChI is InChI=1S/C14H17F2NO/c15-12-8-13-10(4-6-18-13)14(16)11(12)7-9-3-1-2-5-17-9/h8-9,17H,1-7H2. The van der Waals surface area contributed by atoms with Gasteiger partial charge in [-0.3, -0.25) is 0 Å². The molecule has 1 unspecified atom stereocenters. The number of rotatable bonds is 2. The number of nitrogens with one attached hydrogen (secondary N) is 1. The maximum atomic E-state index is 14.2. The van der Waals surface area contributed by atoms with E-state index in [9.17, 15) is 8.78 Å². The van der Waals surface area contributed by atoms with Gasteiger partial charge in [-0.1, -0.05) is 6.42 Å². The molecule has 0 spiro atoms. The predicted octanol–water partition coefficient (Wildman–Crippen LogP) is 2.58. The lowest BCUT2D eigenvalue weighted by molar-refractivity contribution is 0.354. The third kappa shape index (κ3) is 2.09. The SMILES string of the molecule is Fc1cc2c(c(F)c1CC1CCCCN1)CCO2. The third-order valence-corrected chi connectivity index (χ3v) is 3.85. The average Bonchev–Trinajstić information content (AvgIpc) is 2.84. The lowest BCUT2D eigenvalue weighted by Crippen LogP contribution is -2.36. The summed E-state index contributed by atoms with van der Waals surface area (Å²) in [5, 5.41) is 3.33. The van der Waals surface area contributed by atoms with Crippen LogP contribution in [-0.2, 0) is 12.8 Å². The summed E-state index contributed by atoms with van der Waals surface area (Å²) in [4.78, 5) is 0. The molecule has 1 fully saturated rings. The van der Waals surface area contributed by atoms with Crippen molar-refractivity contribution in [1.29, 1.82) is 0 Å². The molecule has 4 heteroatoms. The molecule has 2 nitrogen and oxygen atoms in total. The Labute approximate surface area is 105 Å². The summed E-state index contributed by atoms with van der Waals surface area (Å²) in [6.45, 7) is 1.40. The average molecular weight is 253 g/mol. The summed E-state index contributed by atoms with van der Waals surface area (Å²) >= 11 is 0. The molecule has 1 aromatic carbocycles. The van der Waals surface area contributed by atoms with Gasteiger partial charge in [0, 0.05) is 29.7 Å². The number of fused-ring (bicyclic) bond motifs is 1. The monoisotopic (exact) mass is 253 g/mol. The van der Waals surface area contributed by atoms with Gasteiger partial charge in [-0.05, 0) is 25.8 Å². The Morgan fingerprint density at radius 2 is 2.22 bits per heavy atom. The van der Waals surface area contributed by atoms with Gasteiger partial charge in [0.05, 0.1) is 6.61 Å². The van der Waals surface area contributed by atoms with Crippen molar-refractivity contribution in [2.45, 2.75) is 38.1 Å². The second kappa shape index (κ2) is 4.84. The van der Waals surface area contributed by atoms with E-state index in [1.807, 2.05) is 0 Å². The highest BCUT2D eigenvalue weighted by Crippen LogP contribution is 2.32. The Bertz CT molecular complexity index is 456. The zero-order valence-electron chi connectivity index (χ0n) is 10.3. The van der Waals surface area contributed by atoms with Crippen LogP contribution in [0.1, 0.15) is 30.4 Å². The van der Waals surface area contributed by atoms with Crippen molar-refractivity contribution in [2.24, 2.45) is 0 Å². The van der Waals surface area contributed by atoms with Gasteiger partial charge in [-0.2, -0.15) is 0 Å². The minimum Gasteiger partial charge on any atom is -0.493 e. The van der Waals surface area contributed by atoms with Gasteiger partial charge in [0.25, 0.3) is 0 Å². The molecule has 0 aromatic heterocycles. The Balaban J connectivity index is 1.87. The van der Waals surface area contributed by atoms with Gasteiger partial charge in [0.2, 0.25) is 0 Å². The fourth-order valence-electron chi connectivity index (χ4n) is 2.84. The van der Waals surface area contributed by atoms with Gasteiger partial charge in [-0.25, -0.2) is 8.78 Å². The van der Waals surface area contributed by atoms with Crippen LogP contribution in [0.25, 0.3) is 0 Å². The summed E-state index contributed by atoms with van der Waals surface area (Å²) in [5.41, 5.74) is 0.765. The zero-order chi connectivity index (χ0) is 12.5. The van der Waals surface area contributed by atoms with Crippen LogP contribution in [-0.4, -0.2) is 19.2 Å². The van der Waals surface area contributed by atoms with Crippen LogP contribution in [0.4, 0.5) is 8.78 Å². The second-order valence-corrected chi connectivity index (χ2v) is 5.08. The van der Waals surface area contributed by atoms with E-state index < -0.39 is 11.6 Å². The normalized spacial score (nSPS) is 22.7. The first-order chi connectivity index (χ1) is 8.75. The molecule has 1 atom stereocenters. The van der Waals surface area contributed by atoms with E-state index in [2.05, 4.69) is 5.32 Å². The minimum atomic E-state index is -0.472. The molecule has 1 N–H and O–H groups in total. The highest BCUT2D eigenvalue weighted by atomic mass is 19.1. The van der Waals surface area contributed by atoms with Gasteiger partial charge in [0.1, 0.15) is 17.4 Å². The molecular weight excluding hydrogens is 236 g/mol. The molecule has 0 radical (unpaired) electrons. The Kier molecular flexibility index (Phi) is 3.20. The summed E-state index contributed by atoms with van der Waals surface area (Å²) < 4.78 is 33.4. The van der Waals surface area contributed by atoms with Crippen LogP contribution in [0.3, 0.4) is 0 Å². The Hall–Kier alpha value is -1.16. The molecule has 2 aliphatic heterocycles. The molecule has 2 heterocycles. The lowest BCUT2D eigenvalue weighted by atomic mass is 9.95. The van der Waals surface area contributed by atoms with E-state index in [0.717, 1.165) is 25.8 Å². The van der Waals surface area contributed by atoms with Gasteiger partial charge in [-0.15, -0.1) is 0 Å². The number of hydrogen-bond acceptors (Lipinski definition) is 2. The first-order valence-corrected chi connectivity index (χ1v) is 6.61. The molecule has 2 aliphatic rings. The van der Waals surface area contributed by atoms with Crippen molar-refractivity contribution in [3.63, 3.8) is 0 Å². The molecule has 1 saturated heterocycles. The number of halogens is 2. The van der Waals surface area contributed by atoms with E-state index in [4.69, 9.17) is 4.74 Å². The summed E-state index contributed by atoms with van der Waals surface area (Å²) in [6, 6.07) is 1.53. The fourth-order valence-corrected chi connectivity index (χ4v) is 2.84. The maximum absolute atomic E-state index is 14.2. The van der Waals surface area contributed by atoms with E-state index in [-0.39, 0.29) is 11.6 Å². The Morgan fingerprint density at radius 1 is 1.33 bits per heavy atom. The van der Waals surface area contributed by atoms with Crippen molar-refractivity contribution in [2.75, 3.05) is 13.2 Å². The zero-order valence-corrected chi connectivity index (χ0v) is 10.3. The topological polar surface area (TPSA) is 21.3 Å². The predicted molar refractivity (Wildman–Crippen MR) is 64.9 cm³/mol. The van der Waals surface area contributed by atoms with Gasteiger partial charge >= 0.3 is 0 Å². The van der Waals surface area contributed by atoms with E-state index in [1.54, 1.807) is 0 Å². The number of benzene rings is 1. The first kappa shape index (κ1) is 11.9.